The van der Waals surface area contributed by atoms with Gasteiger partial charge in [-0.2, -0.15) is 5.26 Å². The molecule has 6 heteroatoms. The monoisotopic (exact) mass is 282 g/mol. The quantitative estimate of drug-likeness (QED) is 0.631. The van der Waals surface area contributed by atoms with Crippen LogP contribution in [0.15, 0.2) is 35.7 Å². The molecule has 2 heterocycles. The summed E-state index contributed by atoms with van der Waals surface area (Å²) in [6.07, 6.45) is 0. The van der Waals surface area contributed by atoms with E-state index < -0.39 is 0 Å². The first-order chi connectivity index (χ1) is 9.67. The molecular weight excluding hydrogens is 272 g/mol. The van der Waals surface area contributed by atoms with Crippen LogP contribution in [-0.4, -0.2) is 10.9 Å². The van der Waals surface area contributed by atoms with Crippen molar-refractivity contribution in [3.63, 3.8) is 0 Å². The van der Waals surface area contributed by atoms with E-state index in [-0.39, 0.29) is 5.91 Å². The van der Waals surface area contributed by atoms with Gasteiger partial charge in [0, 0.05) is 16.6 Å². The van der Waals surface area contributed by atoms with Gasteiger partial charge in [0.2, 0.25) is 0 Å². The number of nitriles is 1. The normalized spacial score (nSPS) is 10.3. The summed E-state index contributed by atoms with van der Waals surface area (Å²) < 4.78 is 0. The number of rotatable bonds is 2. The third-order valence-electron chi connectivity index (χ3n) is 2.90. The molecule has 0 aliphatic carbocycles. The Morgan fingerprint density at radius 1 is 1.35 bits per heavy atom. The Labute approximate surface area is 118 Å². The van der Waals surface area contributed by atoms with Gasteiger partial charge in [0.1, 0.15) is 16.8 Å². The van der Waals surface area contributed by atoms with Crippen LogP contribution in [-0.2, 0) is 0 Å². The zero-order chi connectivity index (χ0) is 14.1. The third kappa shape index (κ3) is 2.11. The Morgan fingerprint density at radius 3 is 3.00 bits per heavy atom. The number of hydrogen-bond acceptors (Lipinski definition) is 4. The number of fused-ring (bicyclic) bond motifs is 1. The van der Waals surface area contributed by atoms with Crippen LogP contribution in [0.5, 0.6) is 0 Å². The number of carbonyl (C=O) groups excluding carboxylic acids is 1. The molecule has 0 saturated heterocycles. The molecule has 4 N–H and O–H groups in total. The lowest BCUT2D eigenvalue weighted by atomic mass is 10.2. The van der Waals surface area contributed by atoms with Crippen LogP contribution in [0.4, 0.5) is 10.7 Å². The molecule has 3 rings (SSSR count). The van der Waals surface area contributed by atoms with Crippen LogP contribution in [0.3, 0.4) is 0 Å². The first kappa shape index (κ1) is 12.3. The van der Waals surface area contributed by atoms with Crippen molar-refractivity contribution < 1.29 is 4.79 Å². The standard InChI is InChI=1S/C14H10N4OS/c15-7-8-3-4-20-14(8)18-13(19)12-6-9-5-10(16)1-2-11(9)17-12/h1-6,17H,16H2,(H,18,19). The smallest absolute Gasteiger partial charge is 0.272 e. The van der Waals surface area contributed by atoms with E-state index in [4.69, 9.17) is 11.0 Å². The van der Waals surface area contributed by atoms with Crippen LogP contribution >= 0.6 is 11.3 Å². The molecular formula is C14H10N4OS. The highest BCUT2D eigenvalue weighted by atomic mass is 32.1. The summed E-state index contributed by atoms with van der Waals surface area (Å²) >= 11 is 1.32. The first-order valence-electron chi connectivity index (χ1n) is 5.84. The SMILES string of the molecule is N#Cc1ccsc1NC(=O)c1cc2cc(N)ccc2[nH]1. The zero-order valence-electron chi connectivity index (χ0n) is 10.3. The number of anilines is 2. The molecule has 0 aliphatic rings. The van der Waals surface area contributed by atoms with Crippen molar-refractivity contribution >= 4 is 38.8 Å². The van der Waals surface area contributed by atoms with Gasteiger partial charge in [-0.3, -0.25) is 4.79 Å². The number of amides is 1. The summed E-state index contributed by atoms with van der Waals surface area (Å²) in [5.41, 5.74) is 8.09. The van der Waals surface area contributed by atoms with Gasteiger partial charge in [0.15, 0.2) is 0 Å². The minimum Gasteiger partial charge on any atom is -0.399 e. The van der Waals surface area contributed by atoms with Crippen molar-refractivity contribution in [3.8, 4) is 6.07 Å². The van der Waals surface area contributed by atoms with Gasteiger partial charge >= 0.3 is 0 Å². The van der Waals surface area contributed by atoms with Crippen molar-refractivity contribution in [2.24, 2.45) is 0 Å². The molecule has 1 amide bonds. The number of aromatic nitrogens is 1. The van der Waals surface area contributed by atoms with Gasteiger partial charge in [-0.1, -0.05) is 0 Å². The number of nitrogens with zero attached hydrogens (tertiary/aromatic N) is 1. The molecule has 1 aromatic carbocycles. The molecule has 3 aromatic rings. The Bertz CT molecular complexity index is 840. The summed E-state index contributed by atoms with van der Waals surface area (Å²) in [5, 5.41) is 14.8. The number of carbonyl (C=O) groups is 1. The average Bonchev–Trinajstić information content (AvgIpc) is 3.04. The Morgan fingerprint density at radius 2 is 2.20 bits per heavy atom. The highest BCUT2D eigenvalue weighted by Crippen LogP contribution is 2.24. The van der Waals surface area contributed by atoms with Crippen molar-refractivity contribution in [2.45, 2.75) is 0 Å². The molecule has 20 heavy (non-hydrogen) atoms. The van der Waals surface area contributed by atoms with Gasteiger partial charge in [-0.25, -0.2) is 0 Å². The van der Waals surface area contributed by atoms with E-state index in [0.717, 1.165) is 10.9 Å². The number of hydrogen-bond donors (Lipinski definition) is 3. The second kappa shape index (κ2) is 4.72. The fourth-order valence-electron chi connectivity index (χ4n) is 1.94. The van der Waals surface area contributed by atoms with E-state index in [1.807, 2.05) is 12.1 Å². The molecule has 5 nitrogen and oxygen atoms in total. The predicted octanol–water partition coefficient (Wildman–Crippen LogP) is 2.94. The van der Waals surface area contributed by atoms with E-state index in [1.54, 1.807) is 29.6 Å². The number of thiophene rings is 1. The summed E-state index contributed by atoms with van der Waals surface area (Å²) in [4.78, 5) is 15.2. The molecule has 0 aliphatic heterocycles. The van der Waals surface area contributed by atoms with E-state index in [9.17, 15) is 4.79 Å². The second-order valence-electron chi connectivity index (χ2n) is 4.26. The van der Waals surface area contributed by atoms with E-state index in [1.165, 1.54) is 11.3 Å². The van der Waals surface area contributed by atoms with Crippen LogP contribution < -0.4 is 11.1 Å². The highest BCUT2D eigenvalue weighted by Gasteiger charge is 2.12. The van der Waals surface area contributed by atoms with Crippen LogP contribution in [0.25, 0.3) is 10.9 Å². The average molecular weight is 282 g/mol. The van der Waals surface area contributed by atoms with E-state index in [0.29, 0.717) is 21.9 Å². The van der Waals surface area contributed by atoms with Crippen molar-refractivity contribution in [3.05, 3.63) is 47.0 Å². The third-order valence-corrected chi connectivity index (χ3v) is 3.73. The molecule has 0 spiro atoms. The Balaban J connectivity index is 1.91. The number of benzene rings is 1. The number of H-pyrrole nitrogens is 1. The lowest BCUT2D eigenvalue weighted by Crippen LogP contribution is -2.11. The van der Waals surface area contributed by atoms with E-state index >= 15 is 0 Å². The van der Waals surface area contributed by atoms with Gasteiger partial charge in [0.05, 0.1) is 5.56 Å². The molecule has 0 radical (unpaired) electrons. The number of aromatic amines is 1. The lowest BCUT2D eigenvalue weighted by Gasteiger charge is -2.00. The second-order valence-corrected chi connectivity index (χ2v) is 5.18. The van der Waals surface area contributed by atoms with Gasteiger partial charge in [-0.15, -0.1) is 11.3 Å². The number of nitrogens with one attached hydrogen (secondary N) is 2. The first-order valence-corrected chi connectivity index (χ1v) is 6.72. The molecule has 2 aromatic heterocycles. The number of nitrogens with two attached hydrogens (primary N) is 1. The minimum atomic E-state index is -0.279. The highest BCUT2D eigenvalue weighted by molar-refractivity contribution is 7.14. The molecule has 0 atom stereocenters. The topological polar surface area (TPSA) is 94.7 Å². The van der Waals surface area contributed by atoms with Crippen LogP contribution in [0, 0.1) is 11.3 Å². The minimum absolute atomic E-state index is 0.279. The molecule has 98 valence electrons. The molecule has 0 unspecified atom stereocenters. The molecule has 0 saturated carbocycles. The maximum absolute atomic E-state index is 12.2. The fourth-order valence-corrected chi connectivity index (χ4v) is 2.67. The summed E-state index contributed by atoms with van der Waals surface area (Å²) in [6.45, 7) is 0. The summed E-state index contributed by atoms with van der Waals surface area (Å²) in [6, 6.07) is 10.8. The maximum atomic E-state index is 12.2. The fraction of sp³-hybridized carbons (Fsp3) is 0. The van der Waals surface area contributed by atoms with Gasteiger partial charge in [0.25, 0.3) is 5.91 Å². The van der Waals surface area contributed by atoms with Crippen LogP contribution in [0.1, 0.15) is 16.1 Å². The maximum Gasteiger partial charge on any atom is 0.272 e. The molecule has 0 fully saturated rings. The van der Waals surface area contributed by atoms with Gasteiger partial charge in [-0.05, 0) is 35.7 Å². The Kier molecular flexibility index (Phi) is 2.89. The summed E-state index contributed by atoms with van der Waals surface area (Å²) in [5.74, 6) is -0.279. The predicted molar refractivity (Wildman–Crippen MR) is 79.7 cm³/mol. The van der Waals surface area contributed by atoms with E-state index in [2.05, 4.69) is 10.3 Å². The molecule has 0 bridgehead atoms. The Hall–Kier alpha value is -2.78. The van der Waals surface area contributed by atoms with Crippen molar-refractivity contribution in [2.75, 3.05) is 11.1 Å². The lowest BCUT2D eigenvalue weighted by molar-refractivity contribution is 0.102. The summed E-state index contributed by atoms with van der Waals surface area (Å²) in [7, 11) is 0. The largest absolute Gasteiger partial charge is 0.399 e. The zero-order valence-corrected chi connectivity index (χ0v) is 11.1. The van der Waals surface area contributed by atoms with Crippen LogP contribution in [0.2, 0.25) is 0 Å². The van der Waals surface area contributed by atoms with Gasteiger partial charge < -0.3 is 16.0 Å². The van der Waals surface area contributed by atoms with Crippen molar-refractivity contribution in [1.29, 1.82) is 5.26 Å². The number of nitrogen functional groups attached to an aromatic ring is 1. The van der Waals surface area contributed by atoms with Crippen molar-refractivity contribution in [1.82, 2.24) is 4.98 Å².